The average molecular weight is 287 g/mol. The van der Waals surface area contributed by atoms with Crippen molar-refractivity contribution in [1.29, 1.82) is 0 Å². The minimum absolute atomic E-state index is 0.153. The molecule has 1 aromatic carbocycles. The normalized spacial score (nSPS) is 17.7. The number of fused-ring (bicyclic) bond motifs is 1. The summed E-state index contributed by atoms with van der Waals surface area (Å²) < 4.78 is 5.53. The van der Waals surface area contributed by atoms with E-state index in [4.69, 9.17) is 4.74 Å². The van der Waals surface area contributed by atoms with Crippen molar-refractivity contribution in [2.75, 3.05) is 13.1 Å². The van der Waals surface area contributed by atoms with E-state index in [2.05, 4.69) is 6.07 Å². The Hall–Kier alpha value is -1.84. The molecule has 0 aromatic heterocycles. The molecule has 0 radical (unpaired) electrons. The second kappa shape index (κ2) is 6.29. The van der Waals surface area contributed by atoms with Crippen molar-refractivity contribution in [2.45, 2.75) is 44.9 Å². The van der Waals surface area contributed by atoms with Crippen LogP contribution in [0.1, 0.15) is 43.2 Å². The van der Waals surface area contributed by atoms with Gasteiger partial charge in [0.2, 0.25) is 5.91 Å². The fraction of sp³-hybridized carbons (Fsp3) is 0.529. The number of benzene rings is 1. The zero-order chi connectivity index (χ0) is 14.7. The molecule has 0 bridgehead atoms. The first kappa shape index (κ1) is 14.1. The van der Waals surface area contributed by atoms with Gasteiger partial charge in [0.05, 0.1) is 6.42 Å². The second-order valence-corrected chi connectivity index (χ2v) is 5.81. The second-order valence-electron chi connectivity index (χ2n) is 5.81. The lowest BCUT2D eigenvalue weighted by Gasteiger charge is -2.19. The first-order chi connectivity index (χ1) is 10.2. The van der Waals surface area contributed by atoms with Crippen LogP contribution in [0, 0.1) is 0 Å². The van der Waals surface area contributed by atoms with E-state index in [1.165, 1.54) is 17.5 Å². The molecule has 1 aliphatic heterocycles. The predicted molar refractivity (Wildman–Crippen MR) is 79.2 cm³/mol. The van der Waals surface area contributed by atoms with Crippen LogP contribution in [0.15, 0.2) is 18.2 Å². The van der Waals surface area contributed by atoms with Crippen LogP contribution in [0.4, 0.5) is 0 Å². The molecule has 0 saturated carbocycles. The summed E-state index contributed by atoms with van der Waals surface area (Å²) in [5.74, 6) is 0.624. The van der Waals surface area contributed by atoms with E-state index in [9.17, 15) is 9.59 Å². The van der Waals surface area contributed by atoms with Crippen LogP contribution >= 0.6 is 0 Å². The Morgan fingerprint density at radius 2 is 2.00 bits per heavy atom. The number of rotatable bonds is 4. The number of carbonyl (C=O) groups is 2. The predicted octanol–water partition coefficient (Wildman–Crippen LogP) is 2.48. The van der Waals surface area contributed by atoms with Crippen LogP contribution in [0.2, 0.25) is 0 Å². The topological polar surface area (TPSA) is 46.6 Å². The Kier molecular flexibility index (Phi) is 4.23. The van der Waals surface area contributed by atoms with Crippen LogP contribution in [-0.4, -0.2) is 29.9 Å². The van der Waals surface area contributed by atoms with E-state index in [0.29, 0.717) is 18.7 Å². The number of amides is 1. The summed E-state index contributed by atoms with van der Waals surface area (Å²) in [4.78, 5) is 25.3. The molecular formula is C17H21NO3. The smallest absolute Gasteiger partial charge is 0.312 e. The molecule has 4 nitrogen and oxygen atoms in total. The maximum atomic E-state index is 12.0. The van der Waals surface area contributed by atoms with Gasteiger partial charge in [0.25, 0.3) is 0 Å². The molecule has 0 unspecified atom stereocenters. The number of nitrogens with zero attached hydrogens (tertiary/aromatic N) is 1. The molecule has 1 fully saturated rings. The third-order valence-electron chi connectivity index (χ3n) is 4.33. The van der Waals surface area contributed by atoms with Crippen molar-refractivity contribution in [1.82, 2.24) is 4.90 Å². The number of hydrogen-bond donors (Lipinski definition) is 0. The number of aryl methyl sites for hydroxylation is 1. The Bertz CT molecular complexity index is 553. The van der Waals surface area contributed by atoms with Gasteiger partial charge in [0, 0.05) is 19.5 Å². The maximum Gasteiger partial charge on any atom is 0.312 e. The van der Waals surface area contributed by atoms with Gasteiger partial charge in [-0.05, 0) is 49.3 Å². The van der Waals surface area contributed by atoms with Gasteiger partial charge >= 0.3 is 5.97 Å². The highest BCUT2D eigenvalue weighted by Crippen LogP contribution is 2.29. The van der Waals surface area contributed by atoms with Gasteiger partial charge < -0.3 is 9.64 Å². The van der Waals surface area contributed by atoms with E-state index in [1.807, 2.05) is 12.1 Å². The van der Waals surface area contributed by atoms with Crippen LogP contribution in [0.3, 0.4) is 0 Å². The molecule has 1 amide bonds. The molecule has 1 saturated heterocycles. The largest absolute Gasteiger partial charge is 0.426 e. The van der Waals surface area contributed by atoms with Crippen molar-refractivity contribution in [3.05, 3.63) is 29.3 Å². The molecule has 0 atom stereocenters. The summed E-state index contributed by atoms with van der Waals surface area (Å²) in [5, 5.41) is 0. The summed E-state index contributed by atoms with van der Waals surface area (Å²) in [7, 11) is 0. The molecule has 1 heterocycles. The fourth-order valence-corrected chi connectivity index (χ4v) is 3.18. The number of carbonyl (C=O) groups excluding carboxylic acids is 2. The van der Waals surface area contributed by atoms with Gasteiger partial charge in [0.1, 0.15) is 5.75 Å². The van der Waals surface area contributed by atoms with E-state index in [-0.39, 0.29) is 18.3 Å². The summed E-state index contributed by atoms with van der Waals surface area (Å²) >= 11 is 0. The van der Waals surface area contributed by atoms with Gasteiger partial charge in [-0.15, -0.1) is 0 Å². The zero-order valence-electron chi connectivity index (χ0n) is 12.3. The number of hydrogen-bond acceptors (Lipinski definition) is 3. The van der Waals surface area contributed by atoms with Gasteiger partial charge in [0.15, 0.2) is 0 Å². The van der Waals surface area contributed by atoms with Crippen LogP contribution in [-0.2, 0) is 22.4 Å². The van der Waals surface area contributed by atoms with E-state index in [1.54, 1.807) is 4.90 Å². The lowest BCUT2D eigenvalue weighted by molar-refractivity contribution is -0.135. The molecule has 1 aromatic rings. The average Bonchev–Trinajstić information content (AvgIpc) is 2.91. The summed E-state index contributed by atoms with van der Waals surface area (Å²) in [6.45, 7) is 1.25. The van der Waals surface area contributed by atoms with Gasteiger partial charge in [-0.3, -0.25) is 9.59 Å². The van der Waals surface area contributed by atoms with Crippen molar-refractivity contribution < 1.29 is 14.3 Å². The highest BCUT2D eigenvalue weighted by atomic mass is 16.5. The standard InChI is InChI=1S/C17H21NO3/c19-16-9-4-11-18(16)12-10-17(20)21-15-8-3-6-13-5-1-2-7-14(13)15/h3,6,8H,1-2,4-5,7,9-12H2. The third-order valence-corrected chi connectivity index (χ3v) is 4.33. The van der Waals surface area contributed by atoms with Gasteiger partial charge in [-0.1, -0.05) is 12.1 Å². The number of ether oxygens (including phenoxy) is 1. The molecule has 4 heteroatoms. The van der Waals surface area contributed by atoms with Crippen molar-refractivity contribution in [2.24, 2.45) is 0 Å². The van der Waals surface area contributed by atoms with Crippen molar-refractivity contribution in [3.63, 3.8) is 0 Å². The van der Waals surface area contributed by atoms with Gasteiger partial charge in [-0.2, -0.15) is 0 Å². The van der Waals surface area contributed by atoms with Crippen LogP contribution < -0.4 is 4.74 Å². The van der Waals surface area contributed by atoms with Crippen molar-refractivity contribution in [3.8, 4) is 5.75 Å². The fourth-order valence-electron chi connectivity index (χ4n) is 3.18. The SMILES string of the molecule is O=C(CCN1CCCC1=O)Oc1cccc2c1CCCC2. The van der Waals surface area contributed by atoms with E-state index >= 15 is 0 Å². The number of esters is 1. The first-order valence-corrected chi connectivity index (χ1v) is 7.83. The molecule has 2 aliphatic rings. The summed E-state index contributed by atoms with van der Waals surface area (Å²) in [5.41, 5.74) is 2.50. The minimum atomic E-state index is -0.242. The molecule has 0 spiro atoms. The first-order valence-electron chi connectivity index (χ1n) is 7.83. The van der Waals surface area contributed by atoms with Crippen LogP contribution in [0.5, 0.6) is 5.75 Å². The number of likely N-dealkylation sites (tertiary alicyclic amines) is 1. The minimum Gasteiger partial charge on any atom is -0.426 e. The molecule has 3 rings (SSSR count). The van der Waals surface area contributed by atoms with Gasteiger partial charge in [-0.25, -0.2) is 0 Å². The highest BCUT2D eigenvalue weighted by molar-refractivity contribution is 5.79. The Labute approximate surface area is 125 Å². The monoisotopic (exact) mass is 287 g/mol. The maximum absolute atomic E-state index is 12.0. The highest BCUT2D eigenvalue weighted by Gasteiger charge is 2.21. The van der Waals surface area contributed by atoms with E-state index in [0.717, 1.165) is 32.2 Å². The molecule has 21 heavy (non-hydrogen) atoms. The van der Waals surface area contributed by atoms with E-state index < -0.39 is 0 Å². The third kappa shape index (κ3) is 3.26. The summed E-state index contributed by atoms with van der Waals surface area (Å²) in [6, 6.07) is 5.95. The lowest BCUT2D eigenvalue weighted by Crippen LogP contribution is -2.28. The Morgan fingerprint density at radius 1 is 1.14 bits per heavy atom. The van der Waals surface area contributed by atoms with Crippen LogP contribution in [0.25, 0.3) is 0 Å². The molecule has 0 N–H and O–H groups in total. The molecule has 112 valence electrons. The molecule has 1 aliphatic carbocycles. The Morgan fingerprint density at radius 3 is 2.81 bits per heavy atom. The Balaban J connectivity index is 1.58. The van der Waals surface area contributed by atoms with Crippen molar-refractivity contribution >= 4 is 11.9 Å². The molecular weight excluding hydrogens is 266 g/mol. The lowest BCUT2D eigenvalue weighted by atomic mass is 9.91. The quantitative estimate of drug-likeness (QED) is 0.631. The zero-order valence-corrected chi connectivity index (χ0v) is 12.3. The summed E-state index contributed by atoms with van der Waals surface area (Å²) in [6.07, 6.45) is 6.22.